The molecule has 19 heavy (non-hydrogen) atoms. The van der Waals surface area contributed by atoms with Crippen molar-refractivity contribution in [2.45, 2.75) is 0 Å². The Bertz CT molecular complexity index is 740. The van der Waals surface area contributed by atoms with Crippen LogP contribution in [0.4, 0.5) is 5.69 Å². The molecule has 3 aromatic rings. The monoisotopic (exact) mass is 313 g/mol. The SMILES string of the molecule is O=C(Nc1cc(Cl)ccc1Cl)c1nn2cnnc2s1. The van der Waals surface area contributed by atoms with Crippen LogP contribution in [0.1, 0.15) is 9.80 Å². The summed E-state index contributed by atoms with van der Waals surface area (Å²) in [6, 6.07) is 4.82. The molecule has 0 saturated carbocycles. The number of benzene rings is 1. The minimum absolute atomic E-state index is 0.265. The molecule has 2 aromatic heterocycles. The summed E-state index contributed by atoms with van der Waals surface area (Å²) in [6.45, 7) is 0. The van der Waals surface area contributed by atoms with Gasteiger partial charge in [0.1, 0.15) is 6.33 Å². The summed E-state index contributed by atoms with van der Waals surface area (Å²) in [5, 5.41) is 15.3. The van der Waals surface area contributed by atoms with Crippen LogP contribution >= 0.6 is 34.5 Å². The van der Waals surface area contributed by atoms with E-state index in [1.54, 1.807) is 18.2 Å². The first-order valence-corrected chi connectivity index (χ1v) is 6.64. The fourth-order valence-electron chi connectivity index (χ4n) is 1.42. The topological polar surface area (TPSA) is 72.2 Å². The number of hydrogen-bond donors (Lipinski definition) is 1. The Balaban J connectivity index is 1.88. The van der Waals surface area contributed by atoms with Crippen LogP contribution in [0, 0.1) is 0 Å². The van der Waals surface area contributed by atoms with E-state index in [0.29, 0.717) is 20.7 Å². The van der Waals surface area contributed by atoms with Gasteiger partial charge in [0.05, 0.1) is 10.7 Å². The second-order valence-corrected chi connectivity index (χ2v) is 5.34. The molecule has 0 spiro atoms. The number of aromatic nitrogens is 4. The second-order valence-electron chi connectivity index (χ2n) is 3.54. The first kappa shape index (κ1) is 12.3. The van der Waals surface area contributed by atoms with E-state index in [1.807, 2.05) is 0 Å². The lowest BCUT2D eigenvalue weighted by atomic mass is 10.3. The smallest absolute Gasteiger partial charge is 0.286 e. The number of amides is 1. The van der Waals surface area contributed by atoms with Gasteiger partial charge in [-0.25, -0.2) is 0 Å². The third-order valence-corrected chi connectivity index (χ3v) is 3.73. The molecule has 6 nitrogen and oxygen atoms in total. The zero-order valence-corrected chi connectivity index (χ0v) is 11.5. The fraction of sp³-hybridized carbons (Fsp3) is 0. The van der Waals surface area contributed by atoms with Crippen LogP contribution in [-0.4, -0.2) is 25.7 Å². The van der Waals surface area contributed by atoms with Gasteiger partial charge in [0.2, 0.25) is 9.97 Å². The molecule has 0 bridgehead atoms. The Morgan fingerprint density at radius 2 is 2.21 bits per heavy atom. The molecule has 0 fully saturated rings. The zero-order valence-electron chi connectivity index (χ0n) is 9.17. The van der Waals surface area contributed by atoms with E-state index in [4.69, 9.17) is 23.2 Å². The Hall–Kier alpha value is -1.70. The fourth-order valence-corrected chi connectivity index (χ4v) is 2.47. The maximum atomic E-state index is 12.0. The number of hydrogen-bond acceptors (Lipinski definition) is 5. The number of rotatable bonds is 2. The third-order valence-electron chi connectivity index (χ3n) is 2.26. The van der Waals surface area contributed by atoms with Gasteiger partial charge >= 0.3 is 0 Å². The molecule has 1 N–H and O–H groups in total. The van der Waals surface area contributed by atoms with Crippen LogP contribution in [0.2, 0.25) is 10.0 Å². The largest absolute Gasteiger partial charge is 0.318 e. The van der Waals surface area contributed by atoms with Gasteiger partial charge in [-0.05, 0) is 18.2 Å². The molecule has 0 aliphatic carbocycles. The van der Waals surface area contributed by atoms with Crippen molar-refractivity contribution >= 4 is 51.1 Å². The lowest BCUT2D eigenvalue weighted by Crippen LogP contribution is -2.12. The van der Waals surface area contributed by atoms with Gasteiger partial charge in [0.15, 0.2) is 0 Å². The second kappa shape index (κ2) is 4.76. The van der Waals surface area contributed by atoms with Gasteiger partial charge < -0.3 is 5.32 Å². The van der Waals surface area contributed by atoms with E-state index >= 15 is 0 Å². The lowest BCUT2D eigenvalue weighted by molar-refractivity contribution is 0.102. The number of anilines is 1. The quantitative estimate of drug-likeness (QED) is 0.789. The van der Waals surface area contributed by atoms with Crippen molar-refractivity contribution in [2.24, 2.45) is 0 Å². The molecule has 1 amide bonds. The van der Waals surface area contributed by atoms with Crippen molar-refractivity contribution < 1.29 is 4.79 Å². The highest BCUT2D eigenvalue weighted by atomic mass is 35.5. The van der Waals surface area contributed by atoms with E-state index in [1.165, 1.54) is 10.8 Å². The molecule has 0 saturated heterocycles. The predicted molar refractivity (Wildman–Crippen MR) is 73.1 cm³/mol. The summed E-state index contributed by atoms with van der Waals surface area (Å²) >= 11 is 12.9. The maximum Gasteiger partial charge on any atom is 0.286 e. The highest BCUT2D eigenvalue weighted by Gasteiger charge is 2.15. The average molecular weight is 314 g/mol. The van der Waals surface area contributed by atoms with Crippen molar-refractivity contribution in [3.63, 3.8) is 0 Å². The van der Waals surface area contributed by atoms with Crippen molar-refractivity contribution in [1.29, 1.82) is 0 Å². The van der Waals surface area contributed by atoms with Crippen LogP contribution in [0.25, 0.3) is 4.96 Å². The molecule has 0 atom stereocenters. The molecular weight excluding hydrogens is 309 g/mol. The van der Waals surface area contributed by atoms with Crippen molar-refractivity contribution in [3.05, 3.63) is 39.6 Å². The van der Waals surface area contributed by atoms with Crippen LogP contribution < -0.4 is 5.32 Å². The third kappa shape index (κ3) is 2.40. The van der Waals surface area contributed by atoms with E-state index < -0.39 is 0 Å². The number of nitrogens with one attached hydrogen (secondary N) is 1. The molecule has 0 aliphatic heterocycles. The maximum absolute atomic E-state index is 12.0. The van der Waals surface area contributed by atoms with Crippen molar-refractivity contribution in [1.82, 2.24) is 19.8 Å². The van der Waals surface area contributed by atoms with Crippen LogP contribution in [0.3, 0.4) is 0 Å². The Morgan fingerprint density at radius 3 is 3.00 bits per heavy atom. The molecule has 9 heteroatoms. The summed E-state index contributed by atoms with van der Waals surface area (Å²) in [4.78, 5) is 12.6. The van der Waals surface area contributed by atoms with Gasteiger partial charge in [-0.15, -0.1) is 15.3 Å². The lowest BCUT2D eigenvalue weighted by Gasteiger charge is -2.05. The van der Waals surface area contributed by atoms with Crippen LogP contribution in [0.5, 0.6) is 0 Å². The number of carbonyl (C=O) groups excluding carboxylic acids is 1. The van der Waals surface area contributed by atoms with E-state index in [-0.39, 0.29) is 10.9 Å². The predicted octanol–water partition coefficient (Wildman–Crippen LogP) is 2.74. The summed E-state index contributed by atoms with van der Waals surface area (Å²) in [7, 11) is 0. The molecule has 0 unspecified atom stereocenters. The van der Waals surface area contributed by atoms with E-state index in [2.05, 4.69) is 20.6 Å². The van der Waals surface area contributed by atoms with Gasteiger partial charge in [0.25, 0.3) is 5.91 Å². The summed E-state index contributed by atoms with van der Waals surface area (Å²) < 4.78 is 1.43. The van der Waals surface area contributed by atoms with Crippen LogP contribution in [-0.2, 0) is 0 Å². The van der Waals surface area contributed by atoms with Crippen molar-refractivity contribution in [2.75, 3.05) is 5.32 Å². The number of carbonyl (C=O) groups is 1. The highest BCUT2D eigenvalue weighted by Crippen LogP contribution is 2.26. The molecule has 96 valence electrons. The summed E-state index contributed by atoms with van der Waals surface area (Å²) in [6.07, 6.45) is 1.43. The Kier molecular flexibility index (Phi) is 3.09. The zero-order chi connectivity index (χ0) is 13.4. The Morgan fingerprint density at radius 1 is 1.37 bits per heavy atom. The molecule has 3 rings (SSSR count). The molecule has 1 aromatic carbocycles. The molecule has 0 radical (unpaired) electrons. The Labute approximate surface area is 121 Å². The summed E-state index contributed by atoms with van der Waals surface area (Å²) in [5.41, 5.74) is 0.435. The highest BCUT2D eigenvalue weighted by molar-refractivity contribution is 7.18. The van der Waals surface area contributed by atoms with Crippen molar-refractivity contribution in [3.8, 4) is 0 Å². The van der Waals surface area contributed by atoms with Gasteiger partial charge in [-0.2, -0.15) is 4.52 Å². The van der Waals surface area contributed by atoms with Gasteiger partial charge in [-0.3, -0.25) is 4.79 Å². The molecule has 0 aliphatic rings. The number of fused-ring (bicyclic) bond motifs is 1. The van der Waals surface area contributed by atoms with Gasteiger partial charge in [-0.1, -0.05) is 34.5 Å². The standard InChI is InChI=1S/C10H5Cl2N5OS/c11-5-1-2-6(12)7(3-5)14-8(18)9-16-17-4-13-15-10(17)19-9/h1-4H,(H,14,18). The number of nitrogens with zero attached hydrogens (tertiary/aromatic N) is 4. The van der Waals surface area contributed by atoms with Crippen LogP contribution in [0.15, 0.2) is 24.5 Å². The van der Waals surface area contributed by atoms with E-state index in [9.17, 15) is 4.79 Å². The first-order chi connectivity index (χ1) is 9.13. The molecular formula is C10H5Cl2N5OS. The minimum Gasteiger partial charge on any atom is -0.318 e. The van der Waals surface area contributed by atoms with Gasteiger partial charge in [0, 0.05) is 5.02 Å². The molecule has 2 heterocycles. The first-order valence-electron chi connectivity index (χ1n) is 5.07. The summed E-state index contributed by atoms with van der Waals surface area (Å²) in [5.74, 6) is -0.375. The number of halogens is 2. The minimum atomic E-state index is -0.375. The normalized spacial score (nSPS) is 10.8. The average Bonchev–Trinajstić information content (AvgIpc) is 2.94. The van der Waals surface area contributed by atoms with E-state index in [0.717, 1.165) is 11.3 Å².